The molecule has 1 fully saturated rings. The first-order valence-corrected chi connectivity index (χ1v) is 18.4. The molecule has 0 spiro atoms. The first kappa shape index (κ1) is 35.4. The molecule has 2 aliphatic rings. The molecular formula is C41H45N5O5S. The largest absolute Gasteiger partial charge is 0.496 e. The zero-order chi connectivity index (χ0) is 36.4. The molecule has 1 unspecified atom stereocenters. The van der Waals surface area contributed by atoms with Crippen LogP contribution >= 0.6 is 11.3 Å². The van der Waals surface area contributed by atoms with Gasteiger partial charge in [-0.3, -0.25) is 14.6 Å². The number of aryl methyl sites for hydroxylation is 2. The van der Waals surface area contributed by atoms with E-state index in [-0.39, 0.29) is 11.9 Å². The third-order valence-electron chi connectivity index (χ3n) is 9.98. The second-order valence-corrected chi connectivity index (χ2v) is 14.4. The van der Waals surface area contributed by atoms with Gasteiger partial charge in [-0.15, -0.1) is 11.3 Å². The number of carbonyl (C=O) groups excluding carboxylic acids is 1. The van der Waals surface area contributed by atoms with Gasteiger partial charge in [-0.2, -0.15) is 5.10 Å². The molecule has 1 amide bonds. The van der Waals surface area contributed by atoms with Crippen LogP contribution < -0.4 is 18.9 Å². The number of hydrazone groups is 1. The van der Waals surface area contributed by atoms with Crippen LogP contribution in [-0.2, 0) is 4.79 Å². The number of hydrogen-bond acceptors (Lipinski definition) is 10. The van der Waals surface area contributed by atoms with Crippen LogP contribution in [0.1, 0.15) is 47.2 Å². The molecule has 7 rings (SSSR count). The molecule has 52 heavy (non-hydrogen) atoms. The Bertz CT molecular complexity index is 2090. The molecule has 2 aliphatic heterocycles. The van der Waals surface area contributed by atoms with Crippen LogP contribution in [0, 0.1) is 20.8 Å². The highest BCUT2D eigenvalue weighted by Gasteiger charge is 2.32. The van der Waals surface area contributed by atoms with Crippen LogP contribution in [0.25, 0.3) is 20.8 Å². The van der Waals surface area contributed by atoms with Gasteiger partial charge >= 0.3 is 0 Å². The Morgan fingerprint density at radius 3 is 2.15 bits per heavy atom. The number of para-hydroxylation sites is 1. The highest BCUT2D eigenvalue weighted by molar-refractivity contribution is 7.21. The maximum Gasteiger partial charge on any atom is 0.240 e. The maximum absolute atomic E-state index is 12.8. The van der Waals surface area contributed by atoms with Gasteiger partial charge in [-0.25, -0.2) is 9.99 Å². The van der Waals surface area contributed by atoms with Gasteiger partial charge in [-0.05, 0) is 85.5 Å². The minimum atomic E-state index is -0.262. The summed E-state index contributed by atoms with van der Waals surface area (Å²) in [5, 5.41) is 7.34. The van der Waals surface area contributed by atoms with E-state index in [9.17, 15) is 4.79 Å². The van der Waals surface area contributed by atoms with Crippen molar-refractivity contribution in [1.82, 2.24) is 19.8 Å². The van der Waals surface area contributed by atoms with Crippen molar-refractivity contribution in [1.29, 1.82) is 0 Å². The Balaban J connectivity index is 0.958. The first-order chi connectivity index (χ1) is 25.2. The molecule has 1 aromatic heterocycles. The predicted molar refractivity (Wildman–Crippen MR) is 206 cm³/mol. The quantitative estimate of drug-likeness (QED) is 0.138. The number of methoxy groups -OCH3 is 2. The van der Waals surface area contributed by atoms with Gasteiger partial charge in [-0.1, -0.05) is 30.3 Å². The Labute approximate surface area is 309 Å². The van der Waals surface area contributed by atoms with Crippen molar-refractivity contribution in [2.24, 2.45) is 5.10 Å². The molecule has 270 valence electrons. The van der Waals surface area contributed by atoms with Gasteiger partial charge in [0.1, 0.15) is 30.0 Å². The number of rotatable bonds is 11. The fourth-order valence-electron chi connectivity index (χ4n) is 6.71. The van der Waals surface area contributed by atoms with Crippen LogP contribution in [0.2, 0.25) is 0 Å². The number of thiazole rings is 1. The number of ether oxygens (including phenoxy) is 4. The van der Waals surface area contributed by atoms with Crippen molar-refractivity contribution in [2.45, 2.75) is 40.2 Å². The Kier molecular flexibility index (Phi) is 10.4. The molecule has 1 atom stereocenters. The minimum absolute atomic E-state index is 0.119. The summed E-state index contributed by atoms with van der Waals surface area (Å²) in [5.74, 6) is 2.86. The molecule has 0 aliphatic carbocycles. The van der Waals surface area contributed by atoms with Gasteiger partial charge in [0.15, 0.2) is 11.5 Å². The SMILES string of the molecule is COc1ccc(C2CC(c3cc(C)c(C)c(OC)c3)=NN2C(C)=O)cc1OCN1CCN(COc2cc(-c3nc4ccccc4s3)ccc2C)CC1. The summed E-state index contributed by atoms with van der Waals surface area (Å²) in [6.45, 7) is 12.1. The molecule has 0 bridgehead atoms. The molecule has 1 saturated heterocycles. The van der Waals surface area contributed by atoms with E-state index < -0.39 is 0 Å². The lowest BCUT2D eigenvalue weighted by Gasteiger charge is -2.34. The Morgan fingerprint density at radius 1 is 0.769 bits per heavy atom. The van der Waals surface area contributed by atoms with Crippen LogP contribution in [0.5, 0.6) is 23.0 Å². The van der Waals surface area contributed by atoms with Crippen molar-refractivity contribution in [2.75, 3.05) is 53.9 Å². The van der Waals surface area contributed by atoms with Crippen LogP contribution in [0.3, 0.4) is 0 Å². The van der Waals surface area contributed by atoms with Gasteiger partial charge in [0, 0.05) is 50.7 Å². The number of carbonyl (C=O) groups is 1. The number of amides is 1. The predicted octanol–water partition coefficient (Wildman–Crippen LogP) is 7.59. The summed E-state index contributed by atoms with van der Waals surface area (Å²) in [6.07, 6.45) is 0.576. The molecule has 5 aromatic rings. The summed E-state index contributed by atoms with van der Waals surface area (Å²) in [5.41, 5.74) is 8.13. The molecule has 0 N–H and O–H groups in total. The van der Waals surface area contributed by atoms with E-state index in [1.807, 2.05) is 43.3 Å². The second-order valence-electron chi connectivity index (χ2n) is 13.4. The topological polar surface area (TPSA) is 89.0 Å². The number of benzene rings is 4. The highest BCUT2D eigenvalue weighted by Crippen LogP contribution is 2.39. The fraction of sp³-hybridized carbons (Fsp3) is 0.341. The molecule has 11 heteroatoms. The van der Waals surface area contributed by atoms with Crippen LogP contribution in [0.4, 0.5) is 0 Å². The fourth-order valence-corrected chi connectivity index (χ4v) is 7.67. The molecule has 10 nitrogen and oxygen atoms in total. The lowest BCUT2D eigenvalue weighted by Crippen LogP contribution is -2.48. The third-order valence-corrected chi connectivity index (χ3v) is 11.1. The van der Waals surface area contributed by atoms with Crippen molar-refractivity contribution >= 4 is 33.2 Å². The summed E-state index contributed by atoms with van der Waals surface area (Å²) in [4.78, 5) is 22.2. The van der Waals surface area contributed by atoms with Gasteiger partial charge < -0.3 is 18.9 Å². The summed E-state index contributed by atoms with van der Waals surface area (Å²) in [6, 6.07) is 24.3. The molecule has 4 aromatic carbocycles. The summed E-state index contributed by atoms with van der Waals surface area (Å²) in [7, 11) is 3.32. The zero-order valence-electron chi connectivity index (χ0n) is 30.6. The average molecular weight is 720 g/mol. The van der Waals surface area contributed by atoms with Crippen LogP contribution in [0.15, 0.2) is 77.9 Å². The lowest BCUT2D eigenvalue weighted by molar-refractivity contribution is -0.130. The van der Waals surface area contributed by atoms with E-state index in [1.165, 1.54) is 4.70 Å². The normalized spacial score (nSPS) is 16.6. The Hall–Kier alpha value is -4.97. The number of hydrogen-bond donors (Lipinski definition) is 0. The van der Waals surface area contributed by atoms with Gasteiger partial charge in [0.05, 0.1) is 36.2 Å². The lowest BCUT2D eigenvalue weighted by atomic mass is 9.95. The standard InChI is InChI=1S/C41H45N5O5S/c1-26-11-12-31(41-42-33-9-7-8-10-40(33)52-41)21-37(26)50-24-44-15-17-45(18-16-44)25-51-39-20-30(13-14-36(39)48-5)35-23-34(43-46(35)29(4)47)32-19-27(2)28(3)38(22-32)49-6/h7-14,19-22,35H,15-18,23-25H2,1-6H3. The summed E-state index contributed by atoms with van der Waals surface area (Å²) >= 11 is 1.70. The monoisotopic (exact) mass is 719 g/mol. The molecule has 3 heterocycles. The van der Waals surface area contributed by atoms with E-state index in [4.69, 9.17) is 29.0 Å². The van der Waals surface area contributed by atoms with Crippen molar-refractivity contribution in [3.63, 3.8) is 0 Å². The first-order valence-electron chi connectivity index (χ1n) is 17.6. The van der Waals surface area contributed by atoms with Crippen molar-refractivity contribution < 1.29 is 23.7 Å². The minimum Gasteiger partial charge on any atom is -0.496 e. The van der Waals surface area contributed by atoms with E-state index in [2.05, 4.69) is 60.0 Å². The highest BCUT2D eigenvalue weighted by atomic mass is 32.1. The summed E-state index contributed by atoms with van der Waals surface area (Å²) < 4.78 is 25.2. The van der Waals surface area contributed by atoms with E-state index in [1.54, 1.807) is 37.5 Å². The van der Waals surface area contributed by atoms with E-state index in [0.717, 1.165) is 87.3 Å². The zero-order valence-corrected chi connectivity index (χ0v) is 31.5. The van der Waals surface area contributed by atoms with Gasteiger partial charge in [0.2, 0.25) is 5.91 Å². The van der Waals surface area contributed by atoms with Gasteiger partial charge in [0.25, 0.3) is 0 Å². The van der Waals surface area contributed by atoms with Crippen LogP contribution in [-0.4, -0.2) is 85.3 Å². The van der Waals surface area contributed by atoms with E-state index in [0.29, 0.717) is 31.4 Å². The molecule has 0 radical (unpaired) electrons. The number of aromatic nitrogens is 1. The van der Waals surface area contributed by atoms with Crippen molar-refractivity contribution in [3.8, 4) is 33.6 Å². The number of fused-ring (bicyclic) bond motifs is 1. The molecular weight excluding hydrogens is 675 g/mol. The number of nitrogens with zero attached hydrogens (tertiary/aromatic N) is 5. The van der Waals surface area contributed by atoms with E-state index >= 15 is 0 Å². The second kappa shape index (κ2) is 15.3. The Morgan fingerprint density at radius 2 is 1.46 bits per heavy atom. The average Bonchev–Trinajstić information content (AvgIpc) is 3.81. The smallest absolute Gasteiger partial charge is 0.240 e. The molecule has 0 saturated carbocycles. The number of piperazine rings is 1. The van der Waals surface area contributed by atoms with Crippen molar-refractivity contribution in [3.05, 3.63) is 101 Å². The third kappa shape index (κ3) is 7.48. The maximum atomic E-state index is 12.8.